The van der Waals surface area contributed by atoms with Crippen LogP contribution in [0.1, 0.15) is 35.2 Å². The highest BCUT2D eigenvalue weighted by Crippen LogP contribution is 2.43. The summed E-state index contributed by atoms with van der Waals surface area (Å²) in [5, 5.41) is 19.7. The van der Waals surface area contributed by atoms with Gasteiger partial charge < -0.3 is 19.7 Å². The SMILES string of the molecule is COc1cc(C(=O)O)cc(-c2ccc(C3(O)CCC3)cc2)c1OC. The first kappa shape index (κ1) is 16.3. The summed E-state index contributed by atoms with van der Waals surface area (Å²) in [4.78, 5) is 11.4. The summed E-state index contributed by atoms with van der Waals surface area (Å²) >= 11 is 0. The van der Waals surface area contributed by atoms with E-state index in [4.69, 9.17) is 9.47 Å². The quantitative estimate of drug-likeness (QED) is 0.879. The van der Waals surface area contributed by atoms with Crippen molar-refractivity contribution in [1.29, 1.82) is 0 Å². The van der Waals surface area contributed by atoms with E-state index in [2.05, 4.69) is 0 Å². The zero-order valence-electron chi connectivity index (χ0n) is 13.7. The number of carboxylic acids is 1. The Morgan fingerprint density at radius 1 is 1.08 bits per heavy atom. The van der Waals surface area contributed by atoms with Crippen LogP contribution in [-0.4, -0.2) is 30.4 Å². The van der Waals surface area contributed by atoms with Crippen molar-refractivity contribution >= 4 is 5.97 Å². The molecule has 2 N–H and O–H groups in total. The van der Waals surface area contributed by atoms with Gasteiger partial charge in [-0.05, 0) is 42.5 Å². The van der Waals surface area contributed by atoms with Gasteiger partial charge in [0.2, 0.25) is 0 Å². The smallest absolute Gasteiger partial charge is 0.335 e. The molecule has 0 saturated heterocycles. The van der Waals surface area contributed by atoms with E-state index >= 15 is 0 Å². The van der Waals surface area contributed by atoms with Gasteiger partial charge in [0.1, 0.15) is 0 Å². The third-order valence-electron chi connectivity index (χ3n) is 4.64. The van der Waals surface area contributed by atoms with Crippen molar-refractivity contribution in [1.82, 2.24) is 0 Å². The molecular weight excluding hydrogens is 308 g/mol. The largest absolute Gasteiger partial charge is 0.493 e. The maximum absolute atomic E-state index is 11.4. The second-order valence-corrected chi connectivity index (χ2v) is 6.03. The lowest BCUT2D eigenvalue weighted by Crippen LogP contribution is -2.33. The van der Waals surface area contributed by atoms with Crippen LogP contribution in [-0.2, 0) is 5.60 Å². The number of aromatic carboxylic acids is 1. The van der Waals surface area contributed by atoms with E-state index in [1.54, 1.807) is 6.07 Å². The van der Waals surface area contributed by atoms with Crippen LogP contribution >= 0.6 is 0 Å². The predicted octanol–water partition coefficient (Wildman–Crippen LogP) is 3.44. The molecule has 1 aliphatic rings. The second kappa shape index (κ2) is 6.17. The van der Waals surface area contributed by atoms with Crippen LogP contribution in [0.5, 0.6) is 11.5 Å². The molecular formula is C19H20O5. The van der Waals surface area contributed by atoms with Gasteiger partial charge in [-0.3, -0.25) is 0 Å². The van der Waals surface area contributed by atoms with Gasteiger partial charge >= 0.3 is 5.97 Å². The molecule has 0 spiro atoms. The molecule has 3 rings (SSSR count). The fraction of sp³-hybridized carbons (Fsp3) is 0.316. The first-order valence-electron chi connectivity index (χ1n) is 7.81. The van der Waals surface area contributed by atoms with Gasteiger partial charge in [-0.2, -0.15) is 0 Å². The minimum absolute atomic E-state index is 0.129. The number of benzene rings is 2. The van der Waals surface area contributed by atoms with Crippen molar-refractivity contribution in [2.24, 2.45) is 0 Å². The molecule has 5 heteroatoms. The van der Waals surface area contributed by atoms with Crippen LogP contribution in [0.4, 0.5) is 0 Å². The number of carbonyl (C=O) groups is 1. The highest BCUT2D eigenvalue weighted by atomic mass is 16.5. The molecule has 5 nitrogen and oxygen atoms in total. The van der Waals surface area contributed by atoms with Crippen molar-refractivity contribution in [3.8, 4) is 22.6 Å². The average molecular weight is 328 g/mol. The zero-order chi connectivity index (χ0) is 17.3. The summed E-state index contributed by atoms with van der Waals surface area (Å²) in [6.45, 7) is 0. The summed E-state index contributed by atoms with van der Waals surface area (Å²) in [5.74, 6) is -0.177. The summed E-state index contributed by atoms with van der Waals surface area (Å²) < 4.78 is 10.7. The lowest BCUT2D eigenvalue weighted by molar-refractivity contribution is -0.0387. The molecule has 2 aromatic rings. The van der Waals surface area contributed by atoms with E-state index < -0.39 is 11.6 Å². The number of aliphatic hydroxyl groups is 1. The van der Waals surface area contributed by atoms with Crippen LogP contribution in [0, 0.1) is 0 Å². The number of ether oxygens (including phenoxy) is 2. The van der Waals surface area contributed by atoms with Gasteiger partial charge in [-0.1, -0.05) is 24.3 Å². The molecule has 0 aliphatic heterocycles. The molecule has 0 bridgehead atoms. The summed E-state index contributed by atoms with van der Waals surface area (Å²) in [6.07, 6.45) is 2.58. The highest BCUT2D eigenvalue weighted by molar-refractivity contribution is 5.92. The normalized spacial score (nSPS) is 15.5. The fourth-order valence-electron chi connectivity index (χ4n) is 3.06. The number of carboxylic acid groups (broad SMARTS) is 1. The third-order valence-corrected chi connectivity index (χ3v) is 4.64. The van der Waals surface area contributed by atoms with Crippen molar-refractivity contribution < 1.29 is 24.5 Å². The number of hydrogen-bond acceptors (Lipinski definition) is 4. The van der Waals surface area contributed by atoms with Gasteiger partial charge in [0, 0.05) is 5.56 Å². The summed E-state index contributed by atoms with van der Waals surface area (Å²) in [6, 6.07) is 10.5. The van der Waals surface area contributed by atoms with E-state index in [1.165, 1.54) is 20.3 Å². The van der Waals surface area contributed by atoms with Crippen molar-refractivity contribution in [2.45, 2.75) is 24.9 Å². The second-order valence-electron chi connectivity index (χ2n) is 6.03. The molecule has 0 heterocycles. The number of rotatable bonds is 5. The van der Waals surface area contributed by atoms with Crippen LogP contribution in [0.3, 0.4) is 0 Å². The molecule has 0 aromatic heterocycles. The first-order valence-corrected chi connectivity index (χ1v) is 7.81. The van der Waals surface area contributed by atoms with Gasteiger partial charge in [0.25, 0.3) is 0 Å². The Bertz CT molecular complexity index is 760. The van der Waals surface area contributed by atoms with E-state index in [0.29, 0.717) is 17.1 Å². The third kappa shape index (κ3) is 2.71. The maximum atomic E-state index is 11.4. The molecule has 24 heavy (non-hydrogen) atoms. The Labute approximate surface area is 140 Å². The lowest BCUT2D eigenvalue weighted by Gasteiger charge is -2.37. The summed E-state index contributed by atoms with van der Waals surface area (Å²) in [7, 11) is 3.00. The van der Waals surface area contributed by atoms with E-state index in [-0.39, 0.29) is 5.56 Å². The molecule has 0 unspecified atom stereocenters. The van der Waals surface area contributed by atoms with Crippen LogP contribution in [0.2, 0.25) is 0 Å². The van der Waals surface area contributed by atoms with Crippen LogP contribution < -0.4 is 9.47 Å². The molecule has 2 aromatic carbocycles. The first-order chi connectivity index (χ1) is 11.5. The van der Waals surface area contributed by atoms with Gasteiger partial charge in [-0.15, -0.1) is 0 Å². The molecule has 1 fully saturated rings. The van der Waals surface area contributed by atoms with Crippen molar-refractivity contribution in [3.05, 3.63) is 47.5 Å². The molecule has 126 valence electrons. The van der Waals surface area contributed by atoms with Gasteiger partial charge in [0.05, 0.1) is 25.4 Å². The van der Waals surface area contributed by atoms with Crippen LogP contribution in [0.15, 0.2) is 36.4 Å². The highest BCUT2D eigenvalue weighted by Gasteiger charge is 2.36. The Morgan fingerprint density at radius 2 is 1.75 bits per heavy atom. The number of hydrogen-bond donors (Lipinski definition) is 2. The fourth-order valence-corrected chi connectivity index (χ4v) is 3.06. The number of methoxy groups -OCH3 is 2. The Balaban J connectivity index is 2.07. The zero-order valence-corrected chi connectivity index (χ0v) is 13.7. The monoisotopic (exact) mass is 328 g/mol. The lowest BCUT2D eigenvalue weighted by atomic mass is 9.75. The maximum Gasteiger partial charge on any atom is 0.335 e. The topological polar surface area (TPSA) is 76.0 Å². The molecule has 1 saturated carbocycles. The molecule has 0 radical (unpaired) electrons. The van der Waals surface area contributed by atoms with Gasteiger partial charge in [0.15, 0.2) is 11.5 Å². The average Bonchev–Trinajstić information content (AvgIpc) is 2.58. The summed E-state index contributed by atoms with van der Waals surface area (Å²) in [5.41, 5.74) is 1.74. The minimum atomic E-state index is -1.03. The minimum Gasteiger partial charge on any atom is -0.493 e. The Kier molecular flexibility index (Phi) is 4.20. The van der Waals surface area contributed by atoms with Gasteiger partial charge in [-0.25, -0.2) is 4.79 Å². The standard InChI is InChI=1S/C19H20O5/c1-23-16-11-13(18(20)21)10-15(17(16)24-2)12-4-6-14(7-5-12)19(22)8-3-9-19/h4-7,10-11,22H,3,8-9H2,1-2H3,(H,20,21). The molecule has 0 atom stereocenters. The van der Waals surface area contributed by atoms with Crippen molar-refractivity contribution in [3.63, 3.8) is 0 Å². The van der Waals surface area contributed by atoms with Crippen LogP contribution in [0.25, 0.3) is 11.1 Å². The van der Waals surface area contributed by atoms with E-state index in [1.807, 2.05) is 24.3 Å². The van der Waals surface area contributed by atoms with E-state index in [9.17, 15) is 15.0 Å². The molecule has 0 amide bonds. The Morgan fingerprint density at radius 3 is 2.21 bits per heavy atom. The predicted molar refractivity (Wildman–Crippen MR) is 89.7 cm³/mol. The van der Waals surface area contributed by atoms with E-state index in [0.717, 1.165) is 30.4 Å². The Hall–Kier alpha value is -2.53. The van der Waals surface area contributed by atoms with Crippen molar-refractivity contribution in [2.75, 3.05) is 14.2 Å². The molecule has 1 aliphatic carbocycles.